The summed E-state index contributed by atoms with van der Waals surface area (Å²) in [5.74, 6) is 9.79. The number of ether oxygens (including phenoxy) is 3. The highest BCUT2D eigenvalue weighted by Gasteiger charge is 2.23. The van der Waals surface area contributed by atoms with E-state index in [9.17, 15) is 0 Å². The zero-order chi connectivity index (χ0) is 54.5. The van der Waals surface area contributed by atoms with E-state index in [4.69, 9.17) is 14.2 Å². The Morgan fingerprint density at radius 1 is 0.247 bits per heavy atom. The monoisotopic (exact) mass is 1250 g/mol. The summed E-state index contributed by atoms with van der Waals surface area (Å²) >= 11 is 5.07. The highest BCUT2D eigenvalue weighted by molar-refractivity contribution is 14.1. The van der Waals surface area contributed by atoms with Crippen LogP contribution in [0.15, 0.2) is 0 Å². The molecule has 14 atom stereocenters. The zero-order valence-electron chi connectivity index (χ0n) is 52.3. The first kappa shape index (κ1) is 74.3. The molecule has 0 heterocycles. The van der Waals surface area contributed by atoms with Crippen molar-refractivity contribution in [1.82, 2.24) is 0 Å². The summed E-state index contributed by atoms with van der Waals surface area (Å²) in [6, 6.07) is 0. The lowest BCUT2D eigenvalue weighted by Gasteiger charge is -2.27. The van der Waals surface area contributed by atoms with Crippen molar-refractivity contribution in [2.45, 2.75) is 341 Å². The number of alkyl halides is 2. The van der Waals surface area contributed by atoms with Crippen molar-refractivity contribution in [1.29, 1.82) is 0 Å². The third kappa shape index (κ3) is 48.9. The Bertz CT molecular complexity index is 1040. The molecule has 0 aliphatic rings. The van der Waals surface area contributed by atoms with Gasteiger partial charge >= 0.3 is 0 Å². The van der Waals surface area contributed by atoms with Crippen LogP contribution in [0.4, 0.5) is 0 Å². The van der Waals surface area contributed by atoms with Crippen molar-refractivity contribution < 1.29 is 14.2 Å². The van der Waals surface area contributed by atoms with Crippen LogP contribution in [0.25, 0.3) is 0 Å². The van der Waals surface area contributed by atoms with E-state index in [1.807, 2.05) is 0 Å². The highest BCUT2D eigenvalue weighted by atomic mass is 127. The molecule has 0 saturated carbocycles. The second kappa shape index (κ2) is 51.5. The van der Waals surface area contributed by atoms with Crippen molar-refractivity contribution in [3.8, 4) is 0 Å². The van der Waals surface area contributed by atoms with Crippen LogP contribution in [0.3, 0.4) is 0 Å². The molecule has 0 radical (unpaired) electrons. The first-order chi connectivity index (χ1) is 35.0. The maximum atomic E-state index is 6.99. The van der Waals surface area contributed by atoms with Crippen LogP contribution in [0, 0.1) is 71.0 Å². The summed E-state index contributed by atoms with van der Waals surface area (Å²) in [6.07, 6.45) is 47.1. The molecule has 0 fully saturated rings. The molecule has 73 heavy (non-hydrogen) atoms. The second-order valence-electron chi connectivity index (χ2n) is 26.8. The van der Waals surface area contributed by atoms with Crippen LogP contribution in [0.5, 0.6) is 0 Å². The van der Waals surface area contributed by atoms with Gasteiger partial charge in [-0.2, -0.15) is 0 Å². The number of rotatable bonds is 56. The highest BCUT2D eigenvalue weighted by Crippen LogP contribution is 2.33. The van der Waals surface area contributed by atoms with Gasteiger partial charge in [0.2, 0.25) is 0 Å². The second-order valence-corrected chi connectivity index (χ2v) is 29.0. The standard InChI is InChI=1S/C68H136I2O3/c1-15-17-19-21-23-25-27-29-43-71-67(39-31-35-55(3)45-59(7)49-63(11)53-65(13)51-61(9)47-57(5)37-33-41-69)73-68(72-44-30-28-26-24-22-20-18-16-2)40-32-36-56(4)46-60(8)50-64(12)54-66(14)52-62(10)48-58(6)38-34-42-70/h55-68H,15-54H2,1-14H3. The van der Waals surface area contributed by atoms with Crippen LogP contribution in [0.1, 0.15) is 328 Å². The fourth-order valence-electron chi connectivity index (χ4n) is 13.7. The van der Waals surface area contributed by atoms with E-state index in [0.717, 1.165) is 110 Å². The Kier molecular flexibility index (Phi) is 52.4. The largest absolute Gasteiger partial charge is 0.353 e. The molecule has 440 valence electrons. The molecule has 0 rings (SSSR count). The molecule has 0 aliphatic heterocycles. The Morgan fingerprint density at radius 2 is 0.466 bits per heavy atom. The first-order valence-corrected chi connectivity index (χ1v) is 36.1. The maximum Gasteiger partial charge on any atom is 0.160 e. The minimum atomic E-state index is -0.163. The van der Waals surface area contributed by atoms with E-state index in [2.05, 4.69) is 142 Å². The van der Waals surface area contributed by atoms with Crippen LogP contribution >= 0.6 is 45.2 Å². The minimum Gasteiger partial charge on any atom is -0.353 e. The fourth-order valence-corrected chi connectivity index (χ4v) is 14.6. The van der Waals surface area contributed by atoms with Gasteiger partial charge in [0.15, 0.2) is 12.6 Å². The van der Waals surface area contributed by atoms with Gasteiger partial charge in [0.25, 0.3) is 0 Å². The lowest BCUT2D eigenvalue weighted by atomic mass is 9.81. The smallest absolute Gasteiger partial charge is 0.160 e. The molecule has 0 spiro atoms. The molecule has 0 bridgehead atoms. The van der Waals surface area contributed by atoms with Gasteiger partial charge in [-0.25, -0.2) is 0 Å². The molecule has 0 amide bonds. The van der Waals surface area contributed by atoms with E-state index >= 15 is 0 Å². The Balaban J connectivity index is 5.44. The van der Waals surface area contributed by atoms with E-state index in [1.54, 1.807) is 0 Å². The topological polar surface area (TPSA) is 27.7 Å². The fraction of sp³-hybridized carbons (Fsp3) is 1.00. The Labute approximate surface area is 489 Å². The van der Waals surface area contributed by atoms with E-state index in [0.29, 0.717) is 0 Å². The Hall–Kier alpha value is 1.34. The average Bonchev–Trinajstić information content (AvgIpc) is 3.30. The van der Waals surface area contributed by atoms with Crippen molar-refractivity contribution in [2.24, 2.45) is 71.0 Å². The number of hydrogen-bond donors (Lipinski definition) is 0. The van der Waals surface area contributed by atoms with Gasteiger partial charge in [0, 0.05) is 13.2 Å². The predicted octanol–water partition coefficient (Wildman–Crippen LogP) is 24.3. The van der Waals surface area contributed by atoms with E-state index < -0.39 is 0 Å². The molecular weight excluding hydrogens is 1120 g/mol. The summed E-state index contributed by atoms with van der Waals surface area (Å²) in [4.78, 5) is 0. The molecule has 0 aromatic carbocycles. The molecule has 14 unspecified atom stereocenters. The average molecular weight is 1260 g/mol. The molecular formula is C68H136I2O3. The number of unbranched alkanes of at least 4 members (excludes halogenated alkanes) is 14. The van der Waals surface area contributed by atoms with Crippen LogP contribution in [-0.2, 0) is 14.2 Å². The van der Waals surface area contributed by atoms with Gasteiger partial charge in [-0.1, -0.05) is 245 Å². The van der Waals surface area contributed by atoms with Crippen molar-refractivity contribution in [2.75, 3.05) is 22.1 Å². The molecule has 0 aliphatic carbocycles. The van der Waals surface area contributed by atoms with Crippen LogP contribution < -0.4 is 0 Å². The predicted molar refractivity (Wildman–Crippen MR) is 346 cm³/mol. The molecule has 0 N–H and O–H groups in total. The normalized spacial score (nSPS) is 18.1. The first-order valence-electron chi connectivity index (χ1n) is 33.0. The zero-order valence-corrected chi connectivity index (χ0v) is 56.7. The molecule has 0 aromatic rings. The van der Waals surface area contributed by atoms with Crippen LogP contribution in [0.2, 0.25) is 0 Å². The summed E-state index contributed by atoms with van der Waals surface area (Å²) in [6.45, 7) is 36.4. The third-order valence-corrected chi connectivity index (χ3v) is 18.4. The number of halogens is 2. The SMILES string of the molecule is CCCCCCCCCCOC(CCCC(C)CC(C)CC(C)CC(C)CC(C)CC(C)CCCI)OC(CCCC(C)CC(C)CC(C)CC(C)CC(C)CC(C)CCCI)OCCCCCCCCCC. The van der Waals surface area contributed by atoms with E-state index in [-0.39, 0.29) is 12.6 Å². The molecule has 0 aromatic heterocycles. The summed E-state index contributed by atoms with van der Waals surface area (Å²) in [5.41, 5.74) is 0. The van der Waals surface area contributed by atoms with Gasteiger partial charge in [-0.15, -0.1) is 0 Å². The quantitative estimate of drug-likeness (QED) is 0.0263. The summed E-state index contributed by atoms with van der Waals surface area (Å²) in [5, 5.41) is 0. The minimum absolute atomic E-state index is 0.163. The summed E-state index contributed by atoms with van der Waals surface area (Å²) < 4.78 is 23.0. The Morgan fingerprint density at radius 3 is 0.712 bits per heavy atom. The van der Waals surface area contributed by atoms with Gasteiger partial charge in [-0.3, -0.25) is 0 Å². The van der Waals surface area contributed by atoms with Gasteiger partial charge in [0.05, 0.1) is 0 Å². The van der Waals surface area contributed by atoms with Gasteiger partial charge in [-0.05, 0) is 208 Å². The molecule has 5 heteroatoms. The van der Waals surface area contributed by atoms with Crippen LogP contribution in [-0.4, -0.2) is 34.6 Å². The van der Waals surface area contributed by atoms with Crippen molar-refractivity contribution in [3.05, 3.63) is 0 Å². The third-order valence-electron chi connectivity index (χ3n) is 16.9. The molecule has 3 nitrogen and oxygen atoms in total. The van der Waals surface area contributed by atoms with Crippen molar-refractivity contribution >= 4 is 45.2 Å². The van der Waals surface area contributed by atoms with Crippen molar-refractivity contribution in [3.63, 3.8) is 0 Å². The van der Waals surface area contributed by atoms with Gasteiger partial charge < -0.3 is 14.2 Å². The van der Waals surface area contributed by atoms with Gasteiger partial charge in [0.1, 0.15) is 0 Å². The lowest BCUT2D eigenvalue weighted by Crippen LogP contribution is -2.28. The molecule has 0 saturated heterocycles. The number of hydrogen-bond acceptors (Lipinski definition) is 3. The maximum absolute atomic E-state index is 6.99. The lowest BCUT2D eigenvalue weighted by molar-refractivity contribution is -0.250. The van der Waals surface area contributed by atoms with E-state index in [1.165, 1.54) is 214 Å². The summed E-state index contributed by atoms with van der Waals surface area (Å²) in [7, 11) is 0.